The Morgan fingerprint density at radius 1 is 1.37 bits per heavy atom. The van der Waals surface area contributed by atoms with Crippen LogP contribution in [0.25, 0.3) is 0 Å². The van der Waals surface area contributed by atoms with Crippen molar-refractivity contribution in [1.29, 1.82) is 0 Å². The van der Waals surface area contributed by atoms with Crippen molar-refractivity contribution in [1.82, 2.24) is 10.6 Å². The third kappa shape index (κ3) is 6.42. The van der Waals surface area contributed by atoms with Crippen LogP contribution in [-0.2, 0) is 16.1 Å². The van der Waals surface area contributed by atoms with E-state index in [1.54, 1.807) is 7.11 Å². The molecule has 0 aromatic heterocycles. The lowest BCUT2D eigenvalue weighted by molar-refractivity contribution is -0.137. The Hall–Kier alpha value is -2.08. The van der Waals surface area contributed by atoms with E-state index in [1.807, 2.05) is 24.3 Å². The van der Waals surface area contributed by atoms with Gasteiger partial charge < -0.3 is 20.5 Å². The molecule has 1 amide bonds. The summed E-state index contributed by atoms with van der Waals surface area (Å²) in [6.45, 7) is 0.801. The minimum Gasteiger partial charge on any atom is -0.497 e. The fourth-order valence-corrected chi connectivity index (χ4v) is 1.44. The lowest BCUT2D eigenvalue weighted by Gasteiger charge is -2.07. The van der Waals surface area contributed by atoms with Gasteiger partial charge in [0.15, 0.2) is 0 Å². The van der Waals surface area contributed by atoms with Gasteiger partial charge in [0, 0.05) is 13.1 Å². The van der Waals surface area contributed by atoms with E-state index >= 15 is 0 Å². The van der Waals surface area contributed by atoms with E-state index in [0.29, 0.717) is 6.54 Å². The van der Waals surface area contributed by atoms with Crippen LogP contribution < -0.4 is 15.4 Å². The minimum absolute atomic E-state index is 0.00314. The van der Waals surface area contributed by atoms with Gasteiger partial charge in [-0.1, -0.05) is 12.1 Å². The van der Waals surface area contributed by atoms with E-state index < -0.39 is 5.97 Å². The SMILES string of the molecule is COc1cccc(CNC(=O)CNCCC(=O)O)c1. The standard InChI is InChI=1S/C13H18N2O4/c1-19-11-4-2-3-10(7-11)8-15-12(16)9-14-6-5-13(17)18/h2-4,7,14H,5-6,8-9H2,1H3,(H,15,16)(H,17,18). The zero-order valence-electron chi connectivity index (χ0n) is 10.8. The summed E-state index contributed by atoms with van der Waals surface area (Å²) < 4.78 is 5.08. The van der Waals surface area contributed by atoms with Crippen molar-refractivity contribution in [2.24, 2.45) is 0 Å². The molecule has 6 heteroatoms. The van der Waals surface area contributed by atoms with Crippen LogP contribution in [0.3, 0.4) is 0 Å². The van der Waals surface area contributed by atoms with Crippen molar-refractivity contribution in [3.8, 4) is 5.75 Å². The Kier molecular flexibility index (Phi) is 6.38. The smallest absolute Gasteiger partial charge is 0.304 e. The van der Waals surface area contributed by atoms with Gasteiger partial charge in [-0.05, 0) is 17.7 Å². The van der Waals surface area contributed by atoms with E-state index in [1.165, 1.54) is 0 Å². The van der Waals surface area contributed by atoms with E-state index in [0.717, 1.165) is 11.3 Å². The van der Waals surface area contributed by atoms with E-state index in [-0.39, 0.29) is 25.4 Å². The normalized spacial score (nSPS) is 9.95. The van der Waals surface area contributed by atoms with Gasteiger partial charge in [-0.15, -0.1) is 0 Å². The van der Waals surface area contributed by atoms with Gasteiger partial charge in [0.1, 0.15) is 5.75 Å². The number of carboxylic acids is 1. The number of hydrogen-bond donors (Lipinski definition) is 3. The van der Waals surface area contributed by atoms with Crippen molar-refractivity contribution < 1.29 is 19.4 Å². The molecule has 0 heterocycles. The Balaban J connectivity index is 2.24. The van der Waals surface area contributed by atoms with Crippen LogP contribution in [0.5, 0.6) is 5.75 Å². The molecule has 0 spiro atoms. The molecule has 19 heavy (non-hydrogen) atoms. The number of benzene rings is 1. The molecule has 104 valence electrons. The maximum Gasteiger partial charge on any atom is 0.304 e. The topological polar surface area (TPSA) is 87.7 Å². The van der Waals surface area contributed by atoms with Crippen LogP contribution in [0, 0.1) is 0 Å². The Labute approximate surface area is 111 Å². The molecule has 1 aromatic carbocycles. The number of carbonyl (C=O) groups is 2. The average molecular weight is 266 g/mol. The molecule has 3 N–H and O–H groups in total. The number of carbonyl (C=O) groups excluding carboxylic acids is 1. The number of rotatable bonds is 8. The largest absolute Gasteiger partial charge is 0.497 e. The van der Waals surface area contributed by atoms with Gasteiger partial charge in [-0.25, -0.2) is 0 Å². The molecular formula is C13H18N2O4. The summed E-state index contributed by atoms with van der Waals surface area (Å²) in [5.41, 5.74) is 0.943. The first kappa shape index (κ1) is 15.0. The maximum atomic E-state index is 11.5. The number of ether oxygens (including phenoxy) is 1. The van der Waals surface area contributed by atoms with E-state index in [4.69, 9.17) is 9.84 Å². The second-order valence-electron chi connectivity index (χ2n) is 3.95. The third-order valence-electron chi connectivity index (χ3n) is 2.43. The van der Waals surface area contributed by atoms with Crippen molar-refractivity contribution in [2.45, 2.75) is 13.0 Å². The molecule has 0 saturated heterocycles. The highest BCUT2D eigenvalue weighted by Gasteiger charge is 2.02. The summed E-state index contributed by atoms with van der Waals surface area (Å²) in [7, 11) is 1.59. The molecule has 0 unspecified atom stereocenters. The highest BCUT2D eigenvalue weighted by atomic mass is 16.5. The van der Waals surface area contributed by atoms with Crippen molar-refractivity contribution in [3.63, 3.8) is 0 Å². The van der Waals surface area contributed by atoms with Crippen LogP contribution in [0.4, 0.5) is 0 Å². The minimum atomic E-state index is -0.885. The molecular weight excluding hydrogens is 248 g/mol. The summed E-state index contributed by atoms with van der Waals surface area (Å²) in [4.78, 5) is 21.7. The summed E-state index contributed by atoms with van der Waals surface area (Å²) in [5, 5.41) is 13.9. The van der Waals surface area contributed by atoms with Crippen LogP contribution in [0.15, 0.2) is 24.3 Å². The highest BCUT2D eigenvalue weighted by Crippen LogP contribution is 2.11. The van der Waals surface area contributed by atoms with Gasteiger partial charge >= 0.3 is 5.97 Å². The Morgan fingerprint density at radius 3 is 2.84 bits per heavy atom. The molecule has 1 rings (SSSR count). The second kappa shape index (κ2) is 8.10. The fraction of sp³-hybridized carbons (Fsp3) is 0.385. The molecule has 0 aliphatic carbocycles. The summed E-state index contributed by atoms with van der Waals surface area (Å²) in [6, 6.07) is 7.42. The molecule has 0 saturated carbocycles. The predicted molar refractivity (Wildman–Crippen MR) is 70.0 cm³/mol. The Morgan fingerprint density at radius 2 is 2.16 bits per heavy atom. The summed E-state index contributed by atoms with van der Waals surface area (Å²) >= 11 is 0. The van der Waals surface area contributed by atoms with Crippen molar-refractivity contribution >= 4 is 11.9 Å². The second-order valence-corrected chi connectivity index (χ2v) is 3.95. The maximum absolute atomic E-state index is 11.5. The van der Waals surface area contributed by atoms with Gasteiger partial charge in [0.25, 0.3) is 0 Å². The third-order valence-corrected chi connectivity index (χ3v) is 2.43. The van der Waals surface area contributed by atoms with Crippen LogP contribution in [-0.4, -0.2) is 37.2 Å². The molecule has 0 aliphatic rings. The average Bonchev–Trinajstić information content (AvgIpc) is 2.41. The highest BCUT2D eigenvalue weighted by molar-refractivity contribution is 5.78. The number of carboxylic acid groups (broad SMARTS) is 1. The van der Waals surface area contributed by atoms with Crippen molar-refractivity contribution in [2.75, 3.05) is 20.2 Å². The van der Waals surface area contributed by atoms with Gasteiger partial charge in [0.2, 0.25) is 5.91 Å². The number of aliphatic carboxylic acids is 1. The number of methoxy groups -OCH3 is 1. The quantitative estimate of drug-likeness (QED) is 0.592. The lowest BCUT2D eigenvalue weighted by atomic mass is 10.2. The first-order chi connectivity index (χ1) is 9.11. The van der Waals surface area contributed by atoms with Crippen LogP contribution in [0.2, 0.25) is 0 Å². The Bertz CT molecular complexity index is 434. The summed E-state index contributed by atoms with van der Waals surface area (Å²) in [6.07, 6.45) is 0.00314. The van der Waals surface area contributed by atoms with Gasteiger partial charge in [-0.2, -0.15) is 0 Å². The molecule has 1 aromatic rings. The first-order valence-electron chi connectivity index (χ1n) is 5.94. The van der Waals surface area contributed by atoms with E-state index in [2.05, 4.69) is 10.6 Å². The molecule has 0 atom stereocenters. The predicted octanol–water partition coefficient (Wildman–Crippen LogP) is 0.376. The molecule has 6 nitrogen and oxygen atoms in total. The molecule has 0 fully saturated rings. The fourth-order valence-electron chi connectivity index (χ4n) is 1.44. The van der Waals surface area contributed by atoms with Gasteiger partial charge in [-0.3, -0.25) is 9.59 Å². The lowest BCUT2D eigenvalue weighted by Crippen LogP contribution is -2.34. The van der Waals surface area contributed by atoms with Gasteiger partial charge in [0.05, 0.1) is 20.1 Å². The molecule has 0 radical (unpaired) electrons. The number of hydrogen-bond acceptors (Lipinski definition) is 4. The summed E-state index contributed by atoms with van der Waals surface area (Å²) in [5.74, 6) is -0.316. The van der Waals surface area contributed by atoms with Crippen LogP contribution >= 0.6 is 0 Å². The first-order valence-corrected chi connectivity index (χ1v) is 5.94. The molecule has 0 aliphatic heterocycles. The molecule has 0 bridgehead atoms. The monoisotopic (exact) mass is 266 g/mol. The number of amides is 1. The van der Waals surface area contributed by atoms with Crippen molar-refractivity contribution in [3.05, 3.63) is 29.8 Å². The number of nitrogens with one attached hydrogen (secondary N) is 2. The zero-order valence-corrected chi connectivity index (χ0v) is 10.8. The van der Waals surface area contributed by atoms with E-state index in [9.17, 15) is 9.59 Å². The zero-order chi connectivity index (χ0) is 14.1. The van der Waals surface area contributed by atoms with Crippen LogP contribution in [0.1, 0.15) is 12.0 Å².